The van der Waals surface area contributed by atoms with Gasteiger partial charge in [0.25, 0.3) is 0 Å². The van der Waals surface area contributed by atoms with E-state index in [4.69, 9.17) is 5.11 Å². The van der Waals surface area contributed by atoms with E-state index in [0.717, 1.165) is 0 Å². The molecule has 0 radical (unpaired) electrons. The van der Waals surface area contributed by atoms with Crippen molar-refractivity contribution in [3.8, 4) is 0 Å². The molecule has 0 aliphatic carbocycles. The van der Waals surface area contributed by atoms with Gasteiger partial charge in [-0.1, -0.05) is 37.3 Å². The second-order valence-corrected chi connectivity index (χ2v) is 5.36. The number of anilines is 1. The molecule has 7 nitrogen and oxygen atoms in total. The quantitative estimate of drug-likeness (QED) is 0.848. The number of aromatic nitrogens is 3. The van der Waals surface area contributed by atoms with E-state index in [0.29, 0.717) is 17.8 Å². The highest BCUT2D eigenvalue weighted by atomic mass is 16.4. The van der Waals surface area contributed by atoms with Gasteiger partial charge in [0, 0.05) is 5.69 Å². The largest absolute Gasteiger partial charge is 0.476 e. The number of hydrogen-bond acceptors (Lipinski definition) is 4. The molecule has 1 aromatic heterocycles. The number of nitrogens with one attached hydrogen (secondary N) is 1. The monoisotopic (exact) mass is 302 g/mol. The van der Waals surface area contributed by atoms with Crippen LogP contribution in [0.5, 0.6) is 0 Å². The molecule has 0 unspecified atom stereocenters. The highest BCUT2D eigenvalue weighted by molar-refractivity contribution is 5.91. The Morgan fingerprint density at radius 1 is 1.27 bits per heavy atom. The number of hydrogen-bond donors (Lipinski definition) is 2. The molecule has 1 heterocycles. The third kappa shape index (κ3) is 3.91. The summed E-state index contributed by atoms with van der Waals surface area (Å²) in [5.41, 5.74) is 1.04. The van der Waals surface area contributed by atoms with Crippen LogP contribution in [-0.2, 0) is 17.8 Å². The van der Waals surface area contributed by atoms with Crippen LogP contribution in [0.2, 0.25) is 0 Å². The summed E-state index contributed by atoms with van der Waals surface area (Å²) >= 11 is 0. The number of carboxylic acid groups (broad SMARTS) is 1. The third-order valence-corrected chi connectivity index (χ3v) is 2.99. The van der Waals surface area contributed by atoms with Crippen LogP contribution < -0.4 is 5.32 Å². The van der Waals surface area contributed by atoms with Crippen molar-refractivity contribution in [2.24, 2.45) is 5.92 Å². The molecule has 0 spiro atoms. The molecular weight excluding hydrogens is 284 g/mol. The fraction of sp³-hybridized carbons (Fsp3) is 0.333. The maximum absolute atomic E-state index is 12.1. The Morgan fingerprint density at radius 3 is 2.55 bits per heavy atom. The molecule has 1 aromatic carbocycles. The van der Waals surface area contributed by atoms with E-state index >= 15 is 0 Å². The maximum atomic E-state index is 12.1. The molecule has 0 saturated carbocycles. The Hall–Kier alpha value is -2.70. The number of benzene rings is 1. The minimum atomic E-state index is -1.13. The Balaban J connectivity index is 2.15. The molecule has 7 heteroatoms. The van der Waals surface area contributed by atoms with Crippen LogP contribution in [0.4, 0.5) is 5.69 Å². The van der Waals surface area contributed by atoms with Gasteiger partial charge in [0.2, 0.25) is 5.91 Å². The molecule has 2 rings (SSSR count). The van der Waals surface area contributed by atoms with Crippen molar-refractivity contribution in [1.29, 1.82) is 0 Å². The van der Waals surface area contributed by atoms with Gasteiger partial charge in [0.05, 0.1) is 5.69 Å². The van der Waals surface area contributed by atoms with Gasteiger partial charge < -0.3 is 10.4 Å². The molecule has 116 valence electrons. The fourth-order valence-corrected chi connectivity index (χ4v) is 2.07. The number of carbonyl (C=O) groups is 2. The molecule has 0 aliphatic rings. The van der Waals surface area contributed by atoms with E-state index in [9.17, 15) is 9.59 Å². The smallest absolute Gasteiger partial charge is 0.358 e. The summed E-state index contributed by atoms with van der Waals surface area (Å²) in [5.74, 6) is -1.18. The van der Waals surface area contributed by atoms with Gasteiger partial charge in [0.1, 0.15) is 6.54 Å². The molecule has 0 atom stereocenters. The standard InChI is InChI=1S/C15H18N4O3/c1-10(2)8-12-14(15(21)22)17-18-19(12)9-13(20)16-11-6-4-3-5-7-11/h3-7,10H,8-9H2,1-2H3,(H,16,20)(H,21,22). The van der Waals surface area contributed by atoms with Crippen LogP contribution in [0.3, 0.4) is 0 Å². The Labute approximate surface area is 128 Å². The zero-order chi connectivity index (χ0) is 16.1. The number of amides is 1. The molecule has 2 N–H and O–H groups in total. The van der Waals surface area contributed by atoms with Crippen molar-refractivity contribution in [3.05, 3.63) is 41.7 Å². The Kier molecular flexibility index (Phi) is 4.88. The Bertz CT molecular complexity index is 665. The number of rotatable bonds is 6. The second kappa shape index (κ2) is 6.84. The van der Waals surface area contributed by atoms with E-state index < -0.39 is 5.97 Å². The normalized spacial score (nSPS) is 10.7. The lowest BCUT2D eigenvalue weighted by Gasteiger charge is -2.09. The molecule has 0 saturated heterocycles. The summed E-state index contributed by atoms with van der Waals surface area (Å²) in [6.07, 6.45) is 0.493. The van der Waals surface area contributed by atoms with Crippen LogP contribution in [0, 0.1) is 5.92 Å². The minimum absolute atomic E-state index is 0.0722. The van der Waals surface area contributed by atoms with Gasteiger partial charge in [-0.3, -0.25) is 4.79 Å². The summed E-state index contributed by atoms with van der Waals surface area (Å²) in [4.78, 5) is 23.2. The van der Waals surface area contributed by atoms with E-state index in [-0.39, 0.29) is 24.1 Å². The van der Waals surface area contributed by atoms with Crippen LogP contribution in [0.25, 0.3) is 0 Å². The first-order chi connectivity index (χ1) is 10.5. The van der Waals surface area contributed by atoms with Crippen molar-refractivity contribution < 1.29 is 14.7 Å². The van der Waals surface area contributed by atoms with Crippen molar-refractivity contribution in [1.82, 2.24) is 15.0 Å². The number of para-hydroxylation sites is 1. The lowest BCUT2D eigenvalue weighted by molar-refractivity contribution is -0.117. The predicted octanol–water partition coefficient (Wildman–Crippen LogP) is 1.81. The maximum Gasteiger partial charge on any atom is 0.358 e. The van der Waals surface area contributed by atoms with E-state index in [1.165, 1.54) is 4.68 Å². The van der Waals surface area contributed by atoms with Crippen LogP contribution >= 0.6 is 0 Å². The number of aromatic carboxylic acids is 1. The summed E-state index contributed by atoms with van der Waals surface area (Å²) in [5, 5.41) is 19.3. The number of carboxylic acids is 1. The molecule has 0 fully saturated rings. The first kappa shape index (κ1) is 15.7. The van der Waals surface area contributed by atoms with Gasteiger partial charge in [-0.15, -0.1) is 5.10 Å². The van der Waals surface area contributed by atoms with Crippen LogP contribution in [-0.4, -0.2) is 32.0 Å². The topological polar surface area (TPSA) is 97.1 Å². The fourth-order valence-electron chi connectivity index (χ4n) is 2.07. The second-order valence-electron chi connectivity index (χ2n) is 5.36. The van der Waals surface area contributed by atoms with E-state index in [1.54, 1.807) is 12.1 Å². The van der Waals surface area contributed by atoms with E-state index in [1.807, 2.05) is 32.0 Å². The third-order valence-electron chi connectivity index (χ3n) is 2.99. The van der Waals surface area contributed by atoms with Crippen molar-refractivity contribution in [2.75, 3.05) is 5.32 Å². The van der Waals surface area contributed by atoms with Gasteiger partial charge >= 0.3 is 5.97 Å². The highest BCUT2D eigenvalue weighted by Gasteiger charge is 2.21. The van der Waals surface area contributed by atoms with Gasteiger partial charge in [-0.25, -0.2) is 9.48 Å². The highest BCUT2D eigenvalue weighted by Crippen LogP contribution is 2.12. The predicted molar refractivity (Wildman–Crippen MR) is 80.6 cm³/mol. The lowest BCUT2D eigenvalue weighted by atomic mass is 10.1. The molecular formula is C15H18N4O3. The minimum Gasteiger partial charge on any atom is -0.476 e. The molecule has 2 aromatic rings. The zero-order valence-corrected chi connectivity index (χ0v) is 12.5. The summed E-state index contributed by atoms with van der Waals surface area (Å²) in [6, 6.07) is 9.04. The zero-order valence-electron chi connectivity index (χ0n) is 12.5. The summed E-state index contributed by atoms with van der Waals surface area (Å²) < 4.78 is 1.35. The molecule has 0 bridgehead atoms. The van der Waals surface area contributed by atoms with Crippen molar-refractivity contribution >= 4 is 17.6 Å². The molecule has 22 heavy (non-hydrogen) atoms. The van der Waals surface area contributed by atoms with Gasteiger partial charge in [0.15, 0.2) is 5.69 Å². The first-order valence-corrected chi connectivity index (χ1v) is 6.98. The first-order valence-electron chi connectivity index (χ1n) is 6.98. The SMILES string of the molecule is CC(C)Cc1c(C(=O)O)nnn1CC(=O)Nc1ccccc1. The average Bonchev–Trinajstić information content (AvgIpc) is 2.82. The van der Waals surface area contributed by atoms with Crippen LogP contribution in [0.15, 0.2) is 30.3 Å². The summed E-state index contributed by atoms with van der Waals surface area (Å²) in [6.45, 7) is 3.86. The average molecular weight is 302 g/mol. The molecule has 1 amide bonds. The van der Waals surface area contributed by atoms with Crippen LogP contribution in [0.1, 0.15) is 30.0 Å². The Morgan fingerprint density at radius 2 is 1.95 bits per heavy atom. The van der Waals surface area contributed by atoms with Crippen molar-refractivity contribution in [3.63, 3.8) is 0 Å². The molecule has 0 aliphatic heterocycles. The lowest BCUT2D eigenvalue weighted by Crippen LogP contribution is -2.22. The number of nitrogens with zero attached hydrogens (tertiary/aromatic N) is 3. The summed E-state index contributed by atoms with van der Waals surface area (Å²) in [7, 11) is 0. The number of carbonyl (C=O) groups excluding carboxylic acids is 1. The van der Waals surface area contributed by atoms with E-state index in [2.05, 4.69) is 15.6 Å². The van der Waals surface area contributed by atoms with Gasteiger partial charge in [-0.05, 0) is 24.5 Å². The van der Waals surface area contributed by atoms with Gasteiger partial charge in [-0.2, -0.15) is 0 Å². The van der Waals surface area contributed by atoms with Crippen molar-refractivity contribution in [2.45, 2.75) is 26.8 Å².